The summed E-state index contributed by atoms with van der Waals surface area (Å²) in [5.41, 5.74) is 9.84. The van der Waals surface area contributed by atoms with Gasteiger partial charge < -0.3 is 15.8 Å². The first-order chi connectivity index (χ1) is 11.2. The van der Waals surface area contributed by atoms with Crippen LogP contribution in [0.5, 0.6) is 5.75 Å². The van der Waals surface area contributed by atoms with Crippen LogP contribution in [0.1, 0.15) is 29.6 Å². The number of nitrogen functional groups attached to an aromatic ring is 1. The summed E-state index contributed by atoms with van der Waals surface area (Å²) in [7, 11) is 0. The summed E-state index contributed by atoms with van der Waals surface area (Å²) >= 11 is 0. The van der Waals surface area contributed by atoms with Crippen LogP contribution in [0.4, 0.5) is 11.4 Å². The first-order valence-electron chi connectivity index (χ1n) is 7.89. The summed E-state index contributed by atoms with van der Waals surface area (Å²) in [6.07, 6.45) is 2.51. The maximum Gasteiger partial charge on any atom is 0.198 e. The van der Waals surface area contributed by atoms with Crippen molar-refractivity contribution in [3.05, 3.63) is 65.4 Å². The van der Waals surface area contributed by atoms with Crippen molar-refractivity contribution in [2.24, 2.45) is 0 Å². The van der Waals surface area contributed by atoms with Gasteiger partial charge in [-0.15, -0.1) is 0 Å². The normalized spacial score (nSPS) is 19.7. The van der Waals surface area contributed by atoms with Crippen LogP contribution in [0.25, 0.3) is 0 Å². The minimum absolute atomic E-state index is 0.0635. The van der Waals surface area contributed by atoms with Crippen molar-refractivity contribution < 1.29 is 9.53 Å². The molecule has 116 valence electrons. The molecule has 0 amide bonds. The first kappa shape index (κ1) is 13.9. The minimum Gasteiger partial charge on any atom is -0.485 e. The Hall–Kier alpha value is -2.75. The van der Waals surface area contributed by atoms with Gasteiger partial charge in [0.2, 0.25) is 0 Å². The molecular weight excluding hydrogens is 288 g/mol. The number of carbonyl (C=O) groups excluding carboxylic acids is 1. The van der Waals surface area contributed by atoms with E-state index in [9.17, 15) is 4.79 Å². The van der Waals surface area contributed by atoms with Crippen molar-refractivity contribution in [1.82, 2.24) is 0 Å². The molecule has 2 aliphatic rings. The monoisotopic (exact) mass is 306 g/mol. The van der Waals surface area contributed by atoms with E-state index in [0.29, 0.717) is 17.0 Å². The second-order valence-electron chi connectivity index (χ2n) is 5.93. The Bertz CT molecular complexity index is 811. The third-order valence-corrected chi connectivity index (χ3v) is 4.43. The lowest BCUT2D eigenvalue weighted by Crippen LogP contribution is -2.35. The molecule has 1 aliphatic heterocycles. The third-order valence-electron chi connectivity index (χ3n) is 4.43. The first-order valence-corrected chi connectivity index (χ1v) is 7.89. The van der Waals surface area contributed by atoms with Crippen LogP contribution in [-0.4, -0.2) is 11.9 Å². The summed E-state index contributed by atoms with van der Waals surface area (Å²) in [5, 5.41) is 3.36. The highest BCUT2D eigenvalue weighted by atomic mass is 16.5. The number of ether oxygens (including phenoxy) is 1. The SMILES string of the molecule is Nc1ccccc1NC1=C2C(=O)c3ccccc3OC2CCC1. The van der Waals surface area contributed by atoms with Crippen molar-refractivity contribution in [2.75, 3.05) is 11.1 Å². The van der Waals surface area contributed by atoms with Crippen molar-refractivity contribution in [3.8, 4) is 5.75 Å². The Morgan fingerprint density at radius 1 is 1.09 bits per heavy atom. The van der Waals surface area contributed by atoms with Gasteiger partial charge in [0.05, 0.1) is 22.5 Å². The molecule has 1 unspecified atom stereocenters. The van der Waals surface area contributed by atoms with Crippen molar-refractivity contribution in [2.45, 2.75) is 25.4 Å². The number of hydrogen-bond acceptors (Lipinski definition) is 4. The predicted molar refractivity (Wildman–Crippen MR) is 90.5 cm³/mol. The van der Waals surface area contributed by atoms with E-state index in [2.05, 4.69) is 5.32 Å². The molecule has 1 aliphatic carbocycles. The second kappa shape index (κ2) is 5.47. The molecule has 2 aromatic carbocycles. The fourth-order valence-electron chi connectivity index (χ4n) is 3.30. The molecule has 23 heavy (non-hydrogen) atoms. The van der Waals surface area contributed by atoms with Crippen LogP contribution in [-0.2, 0) is 0 Å². The standard InChI is InChI=1S/C19H18N2O2/c20-13-7-2-3-8-14(13)21-15-9-5-11-17-18(15)19(22)12-6-1-4-10-16(12)23-17/h1-4,6-8,10,17,21H,5,9,11,20H2. The maximum absolute atomic E-state index is 12.9. The van der Waals surface area contributed by atoms with E-state index >= 15 is 0 Å². The van der Waals surface area contributed by atoms with Crippen LogP contribution >= 0.6 is 0 Å². The number of ketones is 1. The fraction of sp³-hybridized carbons (Fsp3) is 0.211. The lowest BCUT2D eigenvalue weighted by atomic mass is 9.85. The van der Waals surface area contributed by atoms with Crippen molar-refractivity contribution >= 4 is 17.2 Å². The number of carbonyl (C=O) groups is 1. The predicted octanol–water partition coefficient (Wildman–Crippen LogP) is 3.76. The van der Waals surface area contributed by atoms with Gasteiger partial charge in [-0.1, -0.05) is 24.3 Å². The fourth-order valence-corrected chi connectivity index (χ4v) is 3.30. The van der Waals surface area contributed by atoms with Gasteiger partial charge in [0.1, 0.15) is 11.9 Å². The number of rotatable bonds is 2. The zero-order valence-corrected chi connectivity index (χ0v) is 12.7. The van der Waals surface area contributed by atoms with E-state index < -0.39 is 0 Å². The Balaban J connectivity index is 1.77. The molecule has 0 radical (unpaired) electrons. The number of fused-ring (bicyclic) bond motifs is 2. The van der Waals surface area contributed by atoms with Gasteiger partial charge in [-0.3, -0.25) is 4.79 Å². The van der Waals surface area contributed by atoms with E-state index in [0.717, 1.165) is 36.2 Å². The van der Waals surface area contributed by atoms with Gasteiger partial charge in [0.25, 0.3) is 0 Å². The molecule has 1 heterocycles. The highest BCUT2D eigenvalue weighted by Crippen LogP contribution is 2.38. The summed E-state index contributed by atoms with van der Waals surface area (Å²) in [5.74, 6) is 0.750. The molecule has 4 nitrogen and oxygen atoms in total. The average molecular weight is 306 g/mol. The molecule has 0 saturated heterocycles. The highest BCUT2D eigenvalue weighted by Gasteiger charge is 2.36. The summed E-state index contributed by atoms with van der Waals surface area (Å²) in [6, 6.07) is 15.0. The van der Waals surface area contributed by atoms with Gasteiger partial charge in [-0.2, -0.15) is 0 Å². The van der Waals surface area contributed by atoms with E-state index in [-0.39, 0.29) is 11.9 Å². The molecule has 3 N–H and O–H groups in total. The lowest BCUT2D eigenvalue weighted by Gasteiger charge is -2.33. The van der Waals surface area contributed by atoms with E-state index in [1.807, 2.05) is 48.5 Å². The zero-order chi connectivity index (χ0) is 15.8. The molecule has 0 spiro atoms. The van der Waals surface area contributed by atoms with Gasteiger partial charge in [0, 0.05) is 5.70 Å². The summed E-state index contributed by atoms with van der Waals surface area (Å²) in [6.45, 7) is 0. The Labute approximate surface area is 135 Å². The topological polar surface area (TPSA) is 64.3 Å². The number of Topliss-reactive ketones (excluding diaryl/α,β-unsaturated/α-hetero) is 1. The van der Waals surface area contributed by atoms with Crippen LogP contribution in [0, 0.1) is 0 Å². The third kappa shape index (κ3) is 2.36. The Morgan fingerprint density at radius 3 is 2.74 bits per heavy atom. The Morgan fingerprint density at radius 2 is 1.87 bits per heavy atom. The molecule has 0 saturated carbocycles. The number of hydrogen-bond donors (Lipinski definition) is 2. The van der Waals surface area contributed by atoms with Crippen molar-refractivity contribution in [3.63, 3.8) is 0 Å². The smallest absolute Gasteiger partial charge is 0.198 e. The van der Waals surface area contributed by atoms with Gasteiger partial charge in [0.15, 0.2) is 5.78 Å². The molecular formula is C19H18N2O2. The van der Waals surface area contributed by atoms with E-state index in [1.54, 1.807) is 0 Å². The van der Waals surface area contributed by atoms with Gasteiger partial charge in [-0.05, 0) is 43.5 Å². The minimum atomic E-state index is -0.168. The number of nitrogens with two attached hydrogens (primary N) is 1. The largest absolute Gasteiger partial charge is 0.485 e. The summed E-state index contributed by atoms with van der Waals surface area (Å²) in [4.78, 5) is 12.9. The zero-order valence-electron chi connectivity index (χ0n) is 12.7. The quantitative estimate of drug-likeness (QED) is 0.829. The molecule has 4 rings (SSSR count). The summed E-state index contributed by atoms with van der Waals surface area (Å²) < 4.78 is 6.05. The van der Waals surface area contributed by atoms with Crippen molar-refractivity contribution in [1.29, 1.82) is 0 Å². The maximum atomic E-state index is 12.9. The molecule has 0 bridgehead atoms. The van der Waals surface area contributed by atoms with Gasteiger partial charge >= 0.3 is 0 Å². The number of para-hydroxylation sites is 3. The van der Waals surface area contributed by atoms with Crippen LogP contribution in [0.2, 0.25) is 0 Å². The Kier molecular flexibility index (Phi) is 3.30. The second-order valence-corrected chi connectivity index (χ2v) is 5.93. The van der Waals surface area contributed by atoms with Crippen LogP contribution < -0.4 is 15.8 Å². The van der Waals surface area contributed by atoms with E-state index in [1.165, 1.54) is 0 Å². The van der Waals surface area contributed by atoms with E-state index in [4.69, 9.17) is 10.5 Å². The number of anilines is 2. The average Bonchev–Trinajstić information content (AvgIpc) is 2.57. The van der Waals surface area contributed by atoms with Gasteiger partial charge in [-0.25, -0.2) is 0 Å². The molecule has 2 aromatic rings. The number of benzene rings is 2. The molecule has 0 fully saturated rings. The molecule has 1 atom stereocenters. The van der Waals surface area contributed by atoms with Crippen LogP contribution in [0.15, 0.2) is 59.8 Å². The molecule has 0 aromatic heterocycles. The highest BCUT2D eigenvalue weighted by molar-refractivity contribution is 6.13. The number of nitrogens with one attached hydrogen (secondary N) is 1. The van der Waals surface area contributed by atoms with Crippen LogP contribution in [0.3, 0.4) is 0 Å². The number of allylic oxidation sites excluding steroid dienone is 1. The lowest BCUT2D eigenvalue weighted by molar-refractivity contribution is 0.0944. The molecule has 4 heteroatoms.